The first-order chi connectivity index (χ1) is 11.7. The highest BCUT2D eigenvalue weighted by Crippen LogP contribution is 2.32. The molecule has 24 heavy (non-hydrogen) atoms. The number of aryl methyl sites for hydroxylation is 2. The van der Waals surface area contributed by atoms with E-state index in [4.69, 9.17) is 4.98 Å². The van der Waals surface area contributed by atoms with Crippen molar-refractivity contribution in [2.45, 2.75) is 12.8 Å². The molecule has 0 spiro atoms. The highest BCUT2D eigenvalue weighted by Gasteiger charge is 2.12. The fourth-order valence-electron chi connectivity index (χ4n) is 2.90. The summed E-state index contributed by atoms with van der Waals surface area (Å²) in [6, 6.07) is 11.3. The Hall–Kier alpha value is -2.79. The zero-order chi connectivity index (χ0) is 16.5. The van der Waals surface area contributed by atoms with Gasteiger partial charge in [-0.1, -0.05) is 6.07 Å². The largest absolute Gasteiger partial charge is 0.478 e. The van der Waals surface area contributed by atoms with E-state index in [0.29, 0.717) is 0 Å². The van der Waals surface area contributed by atoms with Crippen LogP contribution in [0.4, 0.5) is 0 Å². The number of rotatable bonds is 4. The summed E-state index contributed by atoms with van der Waals surface area (Å²) in [5.74, 6) is -0.927. The molecule has 1 N–H and O–H groups in total. The minimum absolute atomic E-state index is 0.269. The second-order valence-electron chi connectivity index (χ2n) is 5.61. The lowest BCUT2D eigenvalue weighted by atomic mass is 10.0. The Balaban J connectivity index is 1.80. The van der Waals surface area contributed by atoms with Gasteiger partial charge in [0.15, 0.2) is 0 Å². The normalized spacial score (nSPS) is 11.2. The van der Waals surface area contributed by atoms with Crippen molar-refractivity contribution in [1.82, 2.24) is 9.97 Å². The van der Waals surface area contributed by atoms with Crippen LogP contribution in [0.2, 0.25) is 0 Å². The van der Waals surface area contributed by atoms with Crippen LogP contribution in [0.1, 0.15) is 21.6 Å². The molecule has 0 unspecified atom stereocenters. The smallest absolute Gasteiger partial charge is 0.335 e. The molecule has 3 heterocycles. The Morgan fingerprint density at radius 3 is 2.67 bits per heavy atom. The van der Waals surface area contributed by atoms with E-state index in [9.17, 15) is 9.90 Å². The van der Waals surface area contributed by atoms with Crippen molar-refractivity contribution in [3.8, 4) is 0 Å². The van der Waals surface area contributed by atoms with Crippen LogP contribution in [-0.4, -0.2) is 21.0 Å². The second kappa shape index (κ2) is 6.02. The summed E-state index contributed by atoms with van der Waals surface area (Å²) >= 11 is 1.67. The van der Waals surface area contributed by atoms with Gasteiger partial charge in [-0.2, -0.15) is 0 Å². The molecule has 1 aromatic carbocycles. The molecule has 118 valence electrons. The van der Waals surface area contributed by atoms with Crippen LogP contribution in [-0.2, 0) is 12.8 Å². The third-order valence-corrected chi connectivity index (χ3v) is 5.07. The quantitative estimate of drug-likeness (QED) is 0.603. The van der Waals surface area contributed by atoms with Crippen molar-refractivity contribution in [1.29, 1.82) is 0 Å². The van der Waals surface area contributed by atoms with Crippen LogP contribution in [0, 0.1) is 0 Å². The molecular weight excluding hydrogens is 320 g/mol. The highest BCUT2D eigenvalue weighted by atomic mass is 32.1. The molecular formula is C19H14N2O2S. The first-order valence-electron chi connectivity index (χ1n) is 7.64. The number of pyridine rings is 2. The summed E-state index contributed by atoms with van der Waals surface area (Å²) in [6.07, 6.45) is 5.28. The van der Waals surface area contributed by atoms with Crippen LogP contribution in [0.3, 0.4) is 0 Å². The Labute approximate surface area is 142 Å². The minimum atomic E-state index is -0.927. The average molecular weight is 334 g/mol. The van der Waals surface area contributed by atoms with E-state index in [2.05, 4.69) is 16.4 Å². The lowest BCUT2D eigenvalue weighted by molar-refractivity contribution is 0.0697. The number of hydrogen-bond acceptors (Lipinski definition) is 4. The van der Waals surface area contributed by atoms with Crippen molar-refractivity contribution in [2.24, 2.45) is 0 Å². The van der Waals surface area contributed by atoms with E-state index >= 15 is 0 Å². The van der Waals surface area contributed by atoms with Crippen LogP contribution in [0.15, 0.2) is 54.2 Å². The van der Waals surface area contributed by atoms with Gasteiger partial charge in [-0.3, -0.25) is 9.97 Å². The van der Waals surface area contributed by atoms with Crippen molar-refractivity contribution in [3.63, 3.8) is 0 Å². The van der Waals surface area contributed by atoms with Crippen molar-refractivity contribution in [2.75, 3.05) is 0 Å². The first-order valence-corrected chi connectivity index (χ1v) is 8.52. The van der Waals surface area contributed by atoms with Crippen LogP contribution in [0.5, 0.6) is 0 Å². The summed E-state index contributed by atoms with van der Waals surface area (Å²) in [5.41, 5.74) is 3.24. The summed E-state index contributed by atoms with van der Waals surface area (Å²) < 4.78 is 1.17. The predicted octanol–water partition coefficient (Wildman–Crippen LogP) is 4.33. The van der Waals surface area contributed by atoms with Crippen molar-refractivity contribution in [3.05, 3.63) is 71.0 Å². The second-order valence-corrected chi connectivity index (χ2v) is 6.53. The zero-order valence-electron chi connectivity index (χ0n) is 12.8. The summed E-state index contributed by atoms with van der Waals surface area (Å²) in [7, 11) is 0. The average Bonchev–Trinajstić information content (AvgIpc) is 3.10. The minimum Gasteiger partial charge on any atom is -0.478 e. The molecule has 0 bridgehead atoms. The van der Waals surface area contributed by atoms with Crippen LogP contribution < -0.4 is 0 Å². The monoisotopic (exact) mass is 334 g/mol. The van der Waals surface area contributed by atoms with Gasteiger partial charge >= 0.3 is 5.97 Å². The third kappa shape index (κ3) is 2.63. The van der Waals surface area contributed by atoms with Crippen molar-refractivity contribution < 1.29 is 9.90 Å². The molecule has 0 aliphatic rings. The van der Waals surface area contributed by atoms with Crippen LogP contribution in [0.25, 0.3) is 21.0 Å². The molecule has 0 amide bonds. The predicted molar refractivity (Wildman–Crippen MR) is 95.7 cm³/mol. The van der Waals surface area contributed by atoms with Gasteiger partial charge in [-0.25, -0.2) is 4.79 Å². The highest BCUT2D eigenvalue weighted by molar-refractivity contribution is 7.18. The molecule has 0 radical (unpaired) electrons. The standard InChI is InChI=1S/C19H14N2O2S/c22-19(23)13-2-3-14-17(11-13)21-16(15-7-10-24-18(14)15)4-1-12-5-8-20-9-6-12/h2-3,5-11H,1,4H2,(H,22,23). The molecule has 0 fully saturated rings. The van der Waals surface area contributed by atoms with Gasteiger partial charge < -0.3 is 5.11 Å². The lowest BCUT2D eigenvalue weighted by Crippen LogP contribution is -1.99. The maximum Gasteiger partial charge on any atom is 0.335 e. The molecule has 4 aromatic rings. The zero-order valence-corrected chi connectivity index (χ0v) is 13.6. The number of aromatic carboxylic acids is 1. The maximum atomic E-state index is 11.2. The van der Waals surface area contributed by atoms with E-state index < -0.39 is 5.97 Å². The van der Waals surface area contributed by atoms with Crippen LogP contribution >= 0.6 is 11.3 Å². The number of nitrogens with zero attached hydrogens (tertiary/aromatic N) is 2. The summed E-state index contributed by atoms with van der Waals surface area (Å²) in [4.78, 5) is 20.0. The summed E-state index contributed by atoms with van der Waals surface area (Å²) in [5, 5.41) is 13.4. The van der Waals surface area contributed by atoms with Gasteiger partial charge in [0.05, 0.1) is 16.8 Å². The van der Waals surface area contributed by atoms with E-state index in [1.54, 1.807) is 35.9 Å². The number of thiophene rings is 1. The fraction of sp³-hybridized carbons (Fsp3) is 0.105. The molecule has 0 saturated carbocycles. The lowest BCUT2D eigenvalue weighted by Gasteiger charge is -2.07. The summed E-state index contributed by atoms with van der Waals surface area (Å²) in [6.45, 7) is 0. The number of hydrogen-bond donors (Lipinski definition) is 1. The van der Waals surface area contributed by atoms with E-state index in [1.165, 1.54) is 10.3 Å². The van der Waals surface area contributed by atoms with Gasteiger partial charge in [0.25, 0.3) is 0 Å². The van der Waals surface area contributed by atoms with E-state index in [-0.39, 0.29) is 5.56 Å². The molecule has 3 aromatic heterocycles. The molecule has 0 atom stereocenters. The Morgan fingerprint density at radius 2 is 1.88 bits per heavy atom. The molecule has 0 aliphatic heterocycles. The van der Waals surface area contributed by atoms with Crippen molar-refractivity contribution >= 4 is 38.3 Å². The Bertz CT molecular complexity index is 1040. The number of carboxylic acids is 1. The Kier molecular flexibility index (Phi) is 3.70. The van der Waals surface area contributed by atoms with Gasteiger partial charge in [0.2, 0.25) is 0 Å². The number of benzene rings is 1. The van der Waals surface area contributed by atoms with Gasteiger partial charge in [-0.05, 0) is 54.1 Å². The number of aromatic nitrogens is 2. The van der Waals surface area contributed by atoms with Gasteiger partial charge in [0.1, 0.15) is 0 Å². The number of carbonyl (C=O) groups is 1. The molecule has 4 rings (SSSR count). The maximum absolute atomic E-state index is 11.2. The molecule has 0 saturated heterocycles. The molecule has 5 heteroatoms. The topological polar surface area (TPSA) is 63.1 Å². The third-order valence-electron chi connectivity index (χ3n) is 4.12. The first kappa shape index (κ1) is 14.8. The fourth-order valence-corrected chi connectivity index (χ4v) is 3.86. The SMILES string of the molecule is O=C(O)c1ccc2c(c1)nc(CCc1ccncc1)c1ccsc12. The number of fused-ring (bicyclic) bond motifs is 3. The molecule has 4 nitrogen and oxygen atoms in total. The van der Waals surface area contributed by atoms with Gasteiger partial charge in [-0.15, -0.1) is 11.3 Å². The molecule has 0 aliphatic carbocycles. The van der Waals surface area contributed by atoms with E-state index in [0.717, 1.165) is 34.8 Å². The van der Waals surface area contributed by atoms with E-state index in [1.807, 2.05) is 18.2 Å². The van der Waals surface area contributed by atoms with Gasteiger partial charge in [0, 0.05) is 27.9 Å². The number of carboxylic acid groups (broad SMARTS) is 1. The Morgan fingerprint density at radius 1 is 1.04 bits per heavy atom.